The molecule has 1 saturated heterocycles. The molecule has 1 aliphatic rings. The highest BCUT2D eigenvalue weighted by Gasteiger charge is 2.25. The van der Waals surface area contributed by atoms with Gasteiger partial charge in [0.2, 0.25) is 5.75 Å². The standard InChI is InChI=1S/C23H26N2O4S/c1-5-6-7-15-8-11-17(12-9-15)24-23-25-22(26)19(30-23)14-16-10-13-18(27-2)21(29-4)20(16)28-3/h8-14H,5-7H2,1-4H3,(H,24,25,26)/b19-14-. The fraction of sp³-hybridized carbons (Fsp3) is 0.304. The number of methoxy groups -OCH3 is 3. The Labute approximate surface area is 181 Å². The van der Waals surface area contributed by atoms with Gasteiger partial charge in [0.1, 0.15) is 0 Å². The molecular weight excluding hydrogens is 400 g/mol. The molecular formula is C23H26N2O4S. The third kappa shape index (κ3) is 4.97. The third-order valence-electron chi connectivity index (χ3n) is 4.66. The summed E-state index contributed by atoms with van der Waals surface area (Å²) in [6.45, 7) is 2.18. The number of nitrogens with zero attached hydrogens (tertiary/aromatic N) is 1. The van der Waals surface area contributed by atoms with E-state index in [1.807, 2.05) is 18.2 Å². The van der Waals surface area contributed by atoms with Crippen LogP contribution in [0.2, 0.25) is 0 Å². The Morgan fingerprint density at radius 1 is 1.00 bits per heavy atom. The molecule has 0 atom stereocenters. The van der Waals surface area contributed by atoms with Crippen LogP contribution in [-0.4, -0.2) is 32.4 Å². The maximum atomic E-state index is 12.5. The fourth-order valence-corrected chi connectivity index (χ4v) is 3.93. The van der Waals surface area contributed by atoms with Crippen LogP contribution < -0.4 is 19.5 Å². The van der Waals surface area contributed by atoms with Crippen molar-refractivity contribution in [1.29, 1.82) is 0 Å². The number of aryl methyl sites for hydroxylation is 1. The number of ether oxygens (including phenoxy) is 3. The van der Waals surface area contributed by atoms with Crippen molar-refractivity contribution in [1.82, 2.24) is 5.32 Å². The van der Waals surface area contributed by atoms with E-state index in [1.165, 1.54) is 30.2 Å². The first-order valence-corrected chi connectivity index (χ1v) is 10.6. The highest BCUT2D eigenvalue weighted by Crippen LogP contribution is 2.41. The smallest absolute Gasteiger partial charge is 0.264 e. The predicted molar refractivity (Wildman–Crippen MR) is 122 cm³/mol. The van der Waals surface area contributed by atoms with Crippen LogP contribution >= 0.6 is 11.8 Å². The van der Waals surface area contributed by atoms with E-state index < -0.39 is 0 Å². The fourth-order valence-electron chi connectivity index (χ4n) is 3.10. The monoisotopic (exact) mass is 426 g/mol. The number of amidine groups is 1. The van der Waals surface area contributed by atoms with Crippen molar-refractivity contribution in [3.8, 4) is 17.2 Å². The highest BCUT2D eigenvalue weighted by molar-refractivity contribution is 8.18. The lowest BCUT2D eigenvalue weighted by atomic mass is 10.1. The number of hydrogen-bond acceptors (Lipinski definition) is 6. The van der Waals surface area contributed by atoms with E-state index >= 15 is 0 Å². The average Bonchev–Trinajstić information content (AvgIpc) is 3.11. The summed E-state index contributed by atoms with van der Waals surface area (Å²) in [5, 5.41) is 3.37. The van der Waals surface area contributed by atoms with Crippen LogP contribution in [0.4, 0.5) is 5.69 Å². The van der Waals surface area contributed by atoms with Crippen molar-refractivity contribution in [3.05, 3.63) is 52.4 Å². The number of hydrogen-bond donors (Lipinski definition) is 1. The first-order chi connectivity index (χ1) is 14.6. The van der Waals surface area contributed by atoms with Crippen molar-refractivity contribution in [2.75, 3.05) is 21.3 Å². The Morgan fingerprint density at radius 3 is 2.37 bits per heavy atom. The van der Waals surface area contributed by atoms with Crippen LogP contribution in [0.25, 0.3) is 6.08 Å². The molecule has 1 amide bonds. The van der Waals surface area contributed by atoms with E-state index in [1.54, 1.807) is 33.5 Å². The van der Waals surface area contributed by atoms with E-state index in [9.17, 15) is 4.79 Å². The summed E-state index contributed by atoms with van der Waals surface area (Å²) in [6.07, 6.45) is 5.18. The second kappa shape index (κ2) is 10.2. The minimum absolute atomic E-state index is 0.199. The minimum Gasteiger partial charge on any atom is -0.493 e. The van der Waals surface area contributed by atoms with Gasteiger partial charge in [-0.1, -0.05) is 25.5 Å². The van der Waals surface area contributed by atoms with Crippen LogP contribution in [0.15, 0.2) is 46.3 Å². The van der Waals surface area contributed by atoms with E-state index in [0.717, 1.165) is 12.1 Å². The van der Waals surface area contributed by atoms with Gasteiger partial charge in [0.15, 0.2) is 16.7 Å². The van der Waals surface area contributed by atoms with Gasteiger partial charge in [-0.15, -0.1) is 0 Å². The minimum atomic E-state index is -0.199. The van der Waals surface area contributed by atoms with Gasteiger partial charge < -0.3 is 19.5 Å². The van der Waals surface area contributed by atoms with Crippen molar-refractivity contribution in [2.24, 2.45) is 4.99 Å². The Kier molecular flexibility index (Phi) is 7.41. The summed E-state index contributed by atoms with van der Waals surface area (Å²) >= 11 is 1.29. The van der Waals surface area contributed by atoms with E-state index in [2.05, 4.69) is 29.4 Å². The molecule has 1 fully saturated rings. The molecule has 1 aliphatic heterocycles. The summed E-state index contributed by atoms with van der Waals surface area (Å²) in [5.74, 6) is 1.35. The molecule has 0 bridgehead atoms. The number of benzene rings is 2. The van der Waals surface area contributed by atoms with Crippen LogP contribution in [0, 0.1) is 0 Å². The van der Waals surface area contributed by atoms with E-state index in [4.69, 9.17) is 14.2 Å². The van der Waals surface area contributed by atoms with Gasteiger partial charge in [-0.2, -0.15) is 0 Å². The Morgan fingerprint density at radius 2 is 1.73 bits per heavy atom. The predicted octanol–water partition coefficient (Wildman–Crippen LogP) is 4.95. The molecule has 7 heteroatoms. The topological polar surface area (TPSA) is 69.2 Å². The molecule has 2 aromatic rings. The lowest BCUT2D eigenvalue weighted by Gasteiger charge is -2.14. The largest absolute Gasteiger partial charge is 0.493 e. The highest BCUT2D eigenvalue weighted by atomic mass is 32.2. The first-order valence-electron chi connectivity index (χ1n) is 9.77. The summed E-state index contributed by atoms with van der Waals surface area (Å²) in [6, 6.07) is 11.7. The maximum Gasteiger partial charge on any atom is 0.264 e. The Hall–Kier alpha value is -2.93. The Bertz CT molecular complexity index is 968. The zero-order valence-corrected chi connectivity index (χ0v) is 18.5. The second-order valence-electron chi connectivity index (χ2n) is 6.68. The number of carbonyl (C=O) groups excluding carboxylic acids is 1. The lowest BCUT2D eigenvalue weighted by Crippen LogP contribution is -2.19. The average molecular weight is 427 g/mol. The zero-order valence-electron chi connectivity index (χ0n) is 17.7. The maximum absolute atomic E-state index is 12.5. The summed E-state index contributed by atoms with van der Waals surface area (Å²) < 4.78 is 16.2. The van der Waals surface area contributed by atoms with Crippen LogP contribution in [0.5, 0.6) is 17.2 Å². The zero-order chi connectivity index (χ0) is 21.5. The lowest BCUT2D eigenvalue weighted by molar-refractivity contribution is -0.115. The molecule has 158 valence electrons. The molecule has 0 radical (unpaired) electrons. The van der Waals surface area contributed by atoms with E-state index in [0.29, 0.717) is 32.9 Å². The number of carbonyl (C=O) groups is 1. The molecule has 3 rings (SSSR count). The van der Waals surface area contributed by atoms with Crippen molar-refractivity contribution >= 4 is 34.6 Å². The van der Waals surface area contributed by atoms with Crippen molar-refractivity contribution in [3.63, 3.8) is 0 Å². The number of unbranched alkanes of at least 4 members (excludes halogenated alkanes) is 1. The van der Waals surface area contributed by atoms with Crippen molar-refractivity contribution in [2.45, 2.75) is 26.2 Å². The van der Waals surface area contributed by atoms with Gasteiger partial charge in [0.25, 0.3) is 5.91 Å². The molecule has 0 spiro atoms. The van der Waals surface area contributed by atoms with Crippen LogP contribution in [0.1, 0.15) is 30.9 Å². The molecule has 0 unspecified atom stereocenters. The van der Waals surface area contributed by atoms with Crippen LogP contribution in [0.3, 0.4) is 0 Å². The van der Waals surface area contributed by atoms with Gasteiger partial charge in [0, 0.05) is 5.56 Å². The van der Waals surface area contributed by atoms with Gasteiger partial charge in [-0.25, -0.2) is 4.99 Å². The summed E-state index contributed by atoms with van der Waals surface area (Å²) in [7, 11) is 4.67. The number of aliphatic imine (C=N–C) groups is 1. The van der Waals surface area contributed by atoms with Gasteiger partial charge in [-0.05, 0) is 60.5 Å². The molecule has 1 N–H and O–H groups in total. The number of amides is 1. The van der Waals surface area contributed by atoms with E-state index in [-0.39, 0.29) is 5.91 Å². The molecule has 1 heterocycles. The molecule has 6 nitrogen and oxygen atoms in total. The third-order valence-corrected chi connectivity index (χ3v) is 5.57. The molecule has 0 aromatic heterocycles. The summed E-state index contributed by atoms with van der Waals surface area (Å²) in [4.78, 5) is 17.5. The Balaban J connectivity index is 1.82. The first kappa shape index (κ1) is 21.8. The van der Waals surface area contributed by atoms with Crippen LogP contribution in [-0.2, 0) is 11.2 Å². The van der Waals surface area contributed by atoms with Gasteiger partial charge >= 0.3 is 0 Å². The quantitative estimate of drug-likeness (QED) is 0.605. The molecule has 2 aromatic carbocycles. The van der Waals surface area contributed by atoms with Gasteiger partial charge in [-0.3, -0.25) is 4.79 Å². The number of nitrogens with one attached hydrogen (secondary N) is 1. The van der Waals surface area contributed by atoms with Crippen molar-refractivity contribution < 1.29 is 19.0 Å². The number of thioether (sulfide) groups is 1. The molecule has 0 aliphatic carbocycles. The SMILES string of the molecule is CCCCc1ccc(N=C2NC(=O)/C(=C/c3ccc(OC)c(OC)c3OC)S2)cc1. The van der Waals surface area contributed by atoms with Gasteiger partial charge in [0.05, 0.1) is 31.9 Å². The normalized spacial score (nSPS) is 16.1. The number of rotatable bonds is 8. The molecule has 30 heavy (non-hydrogen) atoms. The molecule has 0 saturated carbocycles. The summed E-state index contributed by atoms with van der Waals surface area (Å²) in [5.41, 5.74) is 2.82. The second-order valence-corrected chi connectivity index (χ2v) is 7.71.